The number of thioether (sulfide) groups is 1. The van der Waals surface area contributed by atoms with E-state index in [-0.39, 0.29) is 23.8 Å². The minimum absolute atomic E-state index is 0.00696. The molecule has 0 spiro atoms. The van der Waals surface area contributed by atoms with E-state index in [2.05, 4.69) is 12.2 Å². The van der Waals surface area contributed by atoms with Gasteiger partial charge in [-0.15, -0.1) is 0 Å². The van der Waals surface area contributed by atoms with Crippen LogP contribution in [0, 0.1) is 5.92 Å². The molecule has 2 amide bonds. The van der Waals surface area contributed by atoms with Gasteiger partial charge in [-0.05, 0) is 23.8 Å². The molecule has 0 radical (unpaired) electrons. The number of nitrogens with one attached hydrogen (secondary N) is 1. The van der Waals surface area contributed by atoms with E-state index < -0.39 is 0 Å². The summed E-state index contributed by atoms with van der Waals surface area (Å²) in [4.78, 5) is 25.7. The summed E-state index contributed by atoms with van der Waals surface area (Å²) in [6, 6.07) is -0.348. The van der Waals surface area contributed by atoms with Gasteiger partial charge in [0.25, 0.3) is 0 Å². The van der Waals surface area contributed by atoms with Crippen molar-refractivity contribution in [3.8, 4) is 0 Å². The molecule has 0 aliphatic carbocycles. The van der Waals surface area contributed by atoms with Crippen molar-refractivity contribution in [1.29, 1.82) is 0 Å². The van der Waals surface area contributed by atoms with Crippen molar-refractivity contribution in [2.24, 2.45) is 5.92 Å². The lowest BCUT2D eigenvalue weighted by molar-refractivity contribution is -0.134. The van der Waals surface area contributed by atoms with Crippen LogP contribution < -0.4 is 5.32 Å². The normalized spacial score (nSPS) is 21.1. The summed E-state index contributed by atoms with van der Waals surface area (Å²) in [5.74, 6) is 2.41. The molecule has 0 bridgehead atoms. The molecule has 0 aromatic carbocycles. The molecule has 1 saturated heterocycles. The maximum atomic E-state index is 12.3. The standard InChI is InChI=1S/C13H24N2O2S/c1-4-18-9-5-7-15-8-6-11(16)14-12(10(2)3)13(15)17/h10,12H,4-9H2,1-3H3,(H,14,16). The smallest absolute Gasteiger partial charge is 0.245 e. The number of amides is 2. The Kier molecular flexibility index (Phi) is 6.54. The highest BCUT2D eigenvalue weighted by molar-refractivity contribution is 7.99. The molecule has 5 heteroatoms. The predicted octanol–water partition coefficient (Wildman–Crippen LogP) is 1.50. The first-order chi connectivity index (χ1) is 8.56. The van der Waals surface area contributed by atoms with Crippen LogP contribution in [0.1, 0.15) is 33.6 Å². The predicted molar refractivity (Wildman–Crippen MR) is 75.6 cm³/mol. The van der Waals surface area contributed by atoms with Crippen molar-refractivity contribution in [1.82, 2.24) is 10.2 Å². The zero-order chi connectivity index (χ0) is 13.5. The van der Waals surface area contributed by atoms with Crippen LogP contribution in [-0.4, -0.2) is 47.4 Å². The molecule has 1 N–H and O–H groups in total. The van der Waals surface area contributed by atoms with Crippen LogP contribution in [0.3, 0.4) is 0 Å². The molecule has 1 rings (SSSR count). The van der Waals surface area contributed by atoms with E-state index in [1.54, 1.807) is 0 Å². The van der Waals surface area contributed by atoms with E-state index in [1.165, 1.54) is 0 Å². The van der Waals surface area contributed by atoms with Crippen LogP contribution in [0.5, 0.6) is 0 Å². The fourth-order valence-corrected chi connectivity index (χ4v) is 2.65. The number of hydrogen-bond acceptors (Lipinski definition) is 3. The molecule has 0 aromatic rings. The Balaban J connectivity index is 2.54. The molecule has 1 aliphatic heterocycles. The van der Waals surface area contributed by atoms with Crippen molar-refractivity contribution in [3.63, 3.8) is 0 Å². The average Bonchev–Trinajstić information content (AvgIpc) is 2.46. The Morgan fingerprint density at radius 3 is 2.78 bits per heavy atom. The number of nitrogens with zero attached hydrogens (tertiary/aromatic N) is 1. The Morgan fingerprint density at radius 2 is 2.17 bits per heavy atom. The minimum Gasteiger partial charge on any atom is -0.344 e. The molecule has 1 heterocycles. The van der Waals surface area contributed by atoms with E-state index in [0.717, 1.165) is 24.5 Å². The number of rotatable bonds is 6. The molecule has 104 valence electrons. The summed E-state index contributed by atoms with van der Waals surface area (Å²) in [5.41, 5.74) is 0. The Hall–Kier alpha value is -0.710. The molecule has 1 aliphatic rings. The lowest BCUT2D eigenvalue weighted by Crippen LogP contribution is -2.48. The minimum atomic E-state index is -0.348. The summed E-state index contributed by atoms with van der Waals surface area (Å²) in [5, 5.41) is 2.82. The van der Waals surface area contributed by atoms with Gasteiger partial charge in [-0.3, -0.25) is 9.59 Å². The van der Waals surface area contributed by atoms with Gasteiger partial charge in [0.15, 0.2) is 0 Å². The molecular weight excluding hydrogens is 248 g/mol. The molecular formula is C13H24N2O2S. The Morgan fingerprint density at radius 1 is 1.44 bits per heavy atom. The van der Waals surface area contributed by atoms with Crippen LogP contribution in [0.2, 0.25) is 0 Å². The van der Waals surface area contributed by atoms with Crippen LogP contribution in [0.25, 0.3) is 0 Å². The lowest BCUT2D eigenvalue weighted by atomic mass is 10.0. The van der Waals surface area contributed by atoms with E-state index in [0.29, 0.717) is 13.0 Å². The van der Waals surface area contributed by atoms with Gasteiger partial charge in [-0.1, -0.05) is 20.8 Å². The van der Waals surface area contributed by atoms with Crippen LogP contribution >= 0.6 is 11.8 Å². The Bertz CT molecular complexity index is 295. The zero-order valence-electron chi connectivity index (χ0n) is 11.6. The topological polar surface area (TPSA) is 49.4 Å². The maximum Gasteiger partial charge on any atom is 0.245 e. The van der Waals surface area contributed by atoms with E-state index in [4.69, 9.17) is 0 Å². The third-order valence-electron chi connectivity index (χ3n) is 3.09. The number of hydrogen-bond donors (Lipinski definition) is 1. The van der Waals surface area contributed by atoms with Gasteiger partial charge < -0.3 is 10.2 Å². The first-order valence-electron chi connectivity index (χ1n) is 6.72. The SMILES string of the molecule is CCSCCCN1CCC(=O)NC(C(C)C)C1=O. The summed E-state index contributed by atoms with van der Waals surface area (Å²) < 4.78 is 0. The maximum absolute atomic E-state index is 12.3. The number of carbonyl (C=O) groups excluding carboxylic acids is 2. The number of carbonyl (C=O) groups is 2. The highest BCUT2D eigenvalue weighted by Gasteiger charge is 2.31. The van der Waals surface area contributed by atoms with Gasteiger partial charge in [-0.25, -0.2) is 0 Å². The second kappa shape index (κ2) is 7.67. The van der Waals surface area contributed by atoms with Crippen molar-refractivity contribution in [2.75, 3.05) is 24.6 Å². The van der Waals surface area contributed by atoms with Crippen molar-refractivity contribution < 1.29 is 9.59 Å². The fraction of sp³-hybridized carbons (Fsp3) is 0.846. The fourth-order valence-electron chi connectivity index (χ4n) is 2.03. The zero-order valence-corrected chi connectivity index (χ0v) is 12.4. The summed E-state index contributed by atoms with van der Waals surface area (Å²) in [6.07, 6.45) is 1.43. The summed E-state index contributed by atoms with van der Waals surface area (Å²) >= 11 is 1.89. The van der Waals surface area contributed by atoms with Crippen molar-refractivity contribution in [2.45, 2.75) is 39.7 Å². The van der Waals surface area contributed by atoms with Crippen LogP contribution in [-0.2, 0) is 9.59 Å². The Labute approximate surface area is 114 Å². The van der Waals surface area contributed by atoms with Crippen LogP contribution in [0.4, 0.5) is 0 Å². The summed E-state index contributed by atoms with van der Waals surface area (Å²) in [7, 11) is 0. The lowest BCUT2D eigenvalue weighted by Gasteiger charge is -2.26. The van der Waals surface area contributed by atoms with Gasteiger partial charge in [0.2, 0.25) is 11.8 Å². The third kappa shape index (κ3) is 4.52. The highest BCUT2D eigenvalue weighted by Crippen LogP contribution is 2.12. The molecule has 0 saturated carbocycles. The molecule has 1 atom stereocenters. The second-order valence-electron chi connectivity index (χ2n) is 4.91. The van der Waals surface area contributed by atoms with E-state index >= 15 is 0 Å². The van der Waals surface area contributed by atoms with Gasteiger partial charge in [0.05, 0.1) is 0 Å². The summed E-state index contributed by atoms with van der Waals surface area (Å²) in [6.45, 7) is 7.41. The molecule has 1 unspecified atom stereocenters. The van der Waals surface area contributed by atoms with E-state index in [1.807, 2.05) is 30.5 Å². The first-order valence-corrected chi connectivity index (χ1v) is 7.87. The van der Waals surface area contributed by atoms with Crippen molar-refractivity contribution in [3.05, 3.63) is 0 Å². The molecule has 0 aromatic heterocycles. The molecule has 1 fully saturated rings. The van der Waals surface area contributed by atoms with Gasteiger partial charge in [-0.2, -0.15) is 11.8 Å². The quantitative estimate of drug-likeness (QED) is 0.746. The van der Waals surface area contributed by atoms with Gasteiger partial charge >= 0.3 is 0 Å². The van der Waals surface area contributed by atoms with Crippen molar-refractivity contribution >= 4 is 23.6 Å². The molecule has 4 nitrogen and oxygen atoms in total. The first kappa shape index (κ1) is 15.3. The third-order valence-corrected chi connectivity index (χ3v) is 4.08. The second-order valence-corrected chi connectivity index (χ2v) is 6.31. The monoisotopic (exact) mass is 272 g/mol. The average molecular weight is 272 g/mol. The van der Waals surface area contributed by atoms with E-state index in [9.17, 15) is 9.59 Å². The largest absolute Gasteiger partial charge is 0.344 e. The highest BCUT2D eigenvalue weighted by atomic mass is 32.2. The molecule has 18 heavy (non-hydrogen) atoms. The van der Waals surface area contributed by atoms with Gasteiger partial charge in [0, 0.05) is 19.5 Å². The van der Waals surface area contributed by atoms with Crippen LogP contribution in [0.15, 0.2) is 0 Å². The van der Waals surface area contributed by atoms with Gasteiger partial charge in [0.1, 0.15) is 6.04 Å².